The molecular weight excluding hydrogens is 869 g/mol. The number of thioether (sulfide) groups is 1. The minimum atomic E-state index is -0.591. The lowest BCUT2D eigenvalue weighted by atomic mass is 9.97. The predicted octanol–water partition coefficient (Wildman–Crippen LogP) is 3.63. The van der Waals surface area contributed by atoms with Crippen molar-refractivity contribution in [1.82, 2.24) is 40.9 Å². The third kappa shape index (κ3) is 12.5. The van der Waals surface area contributed by atoms with E-state index in [1.165, 1.54) is 0 Å². The van der Waals surface area contributed by atoms with Gasteiger partial charge in [-0.1, -0.05) is 79.2 Å². The van der Waals surface area contributed by atoms with Crippen molar-refractivity contribution in [3.8, 4) is 5.75 Å². The summed E-state index contributed by atoms with van der Waals surface area (Å²) in [5.41, 5.74) is 3.12. The number of likely N-dealkylation sites (tertiary alicyclic amines) is 1. The fraction of sp³-hybridized carbons (Fsp3) is 0.529. The van der Waals surface area contributed by atoms with Gasteiger partial charge in [0.05, 0.1) is 24.2 Å². The van der Waals surface area contributed by atoms with Crippen LogP contribution >= 0.6 is 11.8 Å². The maximum atomic E-state index is 14.5. The number of phenolic OH excluding ortho intramolecular Hbond substituents is 1. The van der Waals surface area contributed by atoms with Gasteiger partial charge in [0.2, 0.25) is 5.91 Å². The number of nitrogens with one attached hydrogen (secondary N) is 4. The van der Waals surface area contributed by atoms with E-state index in [0.29, 0.717) is 89.5 Å². The highest BCUT2D eigenvalue weighted by atomic mass is 32.2. The van der Waals surface area contributed by atoms with Crippen molar-refractivity contribution < 1.29 is 33.9 Å². The quantitative estimate of drug-likeness (QED) is 0.0571. The van der Waals surface area contributed by atoms with Gasteiger partial charge in [0.1, 0.15) is 5.75 Å². The van der Waals surface area contributed by atoms with Crippen molar-refractivity contribution in [2.75, 3.05) is 51.6 Å². The van der Waals surface area contributed by atoms with Gasteiger partial charge in [0.25, 0.3) is 0 Å². The summed E-state index contributed by atoms with van der Waals surface area (Å²) in [6, 6.07) is 26.3. The molecule has 8 rings (SSSR count). The van der Waals surface area contributed by atoms with Gasteiger partial charge < -0.3 is 41.1 Å². The second-order valence-corrected chi connectivity index (χ2v) is 20.2. The number of unbranched alkanes of at least 4 members (excludes halogenated alkanes) is 2. The largest absolute Gasteiger partial charge is 0.508 e. The molecule has 0 radical (unpaired) electrons. The van der Waals surface area contributed by atoms with E-state index in [-0.39, 0.29) is 53.9 Å². The van der Waals surface area contributed by atoms with E-state index in [0.717, 1.165) is 61.1 Å². The molecule has 0 aliphatic carbocycles. The van der Waals surface area contributed by atoms with Crippen LogP contribution in [-0.4, -0.2) is 153 Å². The number of rotatable bonds is 22. The van der Waals surface area contributed by atoms with Gasteiger partial charge in [-0.3, -0.25) is 28.9 Å². The Morgan fingerprint density at radius 2 is 1.51 bits per heavy atom. The van der Waals surface area contributed by atoms with Crippen LogP contribution in [0.4, 0.5) is 4.79 Å². The Labute approximate surface area is 398 Å². The molecule has 5 fully saturated rings. The summed E-state index contributed by atoms with van der Waals surface area (Å²) in [5.74, 6) is -1.07. The Kier molecular flexibility index (Phi) is 16.4. The van der Waals surface area contributed by atoms with Crippen LogP contribution in [0.3, 0.4) is 0 Å². The summed E-state index contributed by atoms with van der Waals surface area (Å²) in [7, 11) is 0. The Morgan fingerprint density at radius 1 is 0.776 bits per heavy atom. The van der Waals surface area contributed by atoms with Gasteiger partial charge in [-0.25, -0.2) is 4.79 Å². The number of aromatic hydroxyl groups is 1. The lowest BCUT2D eigenvalue weighted by molar-refractivity contribution is -0.161. The number of benzene rings is 3. The molecule has 3 aromatic carbocycles. The molecule has 5 aliphatic heterocycles. The van der Waals surface area contributed by atoms with Crippen molar-refractivity contribution >= 4 is 47.3 Å². The van der Waals surface area contributed by atoms with E-state index in [1.807, 2.05) is 84.6 Å². The Morgan fingerprint density at radius 3 is 2.28 bits per heavy atom. The fourth-order valence-corrected chi connectivity index (χ4v) is 12.2. The number of hydrogen-bond donors (Lipinski definition) is 5. The highest BCUT2D eigenvalue weighted by molar-refractivity contribution is 8.00. The van der Waals surface area contributed by atoms with Crippen molar-refractivity contribution in [1.29, 1.82) is 0 Å². The summed E-state index contributed by atoms with van der Waals surface area (Å²) < 4.78 is 0. The minimum Gasteiger partial charge on any atom is -0.508 e. The maximum absolute atomic E-state index is 14.5. The molecule has 0 saturated carbocycles. The first-order valence-corrected chi connectivity index (χ1v) is 25.4. The molecule has 5 N–H and O–H groups in total. The number of piperazine rings is 2. The molecule has 7 atom stereocenters. The lowest BCUT2D eigenvalue weighted by Crippen LogP contribution is -2.64. The van der Waals surface area contributed by atoms with Gasteiger partial charge in [-0.2, -0.15) is 11.8 Å². The van der Waals surface area contributed by atoms with Crippen molar-refractivity contribution in [3.63, 3.8) is 0 Å². The normalized spacial score (nSPS) is 24.7. The van der Waals surface area contributed by atoms with Crippen LogP contribution in [0.5, 0.6) is 5.75 Å². The molecule has 358 valence electrons. The standard InChI is InChI=1S/C51H66N8O7S/c60-42-22-20-37(21-23-42)29-41-33-58(50(65)49(64)57(41)27-24-35-12-3-1-4-13-35)39(16-9-10-25-52-45(61)19-8-7-18-44-46-43(34-67-44)54-51(66)55-46)31-56-26-11-17-38(56)32-59-40(30-53-47(62)48(59)63)28-36-14-5-2-6-15-36/h1-6,12-15,20-23,38-41,43-44,46,60H,7-11,16-19,24-34H2,(H,52,61)(H,53,62)(H2,54,55,66)/t38?,39?,40?,41?,43-,44-,46-/m0/s1. The third-order valence-corrected chi connectivity index (χ3v) is 15.8. The maximum Gasteiger partial charge on any atom is 0.315 e. The molecule has 7 amide bonds. The van der Waals surface area contributed by atoms with Gasteiger partial charge in [0.15, 0.2) is 0 Å². The number of carbonyl (C=O) groups excluding carboxylic acids is 6. The van der Waals surface area contributed by atoms with Crippen LogP contribution in [0, 0.1) is 0 Å². The summed E-state index contributed by atoms with van der Waals surface area (Å²) in [5, 5.41) is 22.3. The monoisotopic (exact) mass is 934 g/mol. The van der Waals surface area contributed by atoms with Crippen LogP contribution in [0.2, 0.25) is 0 Å². The van der Waals surface area contributed by atoms with Gasteiger partial charge >= 0.3 is 29.7 Å². The predicted molar refractivity (Wildman–Crippen MR) is 257 cm³/mol. The zero-order chi connectivity index (χ0) is 46.7. The lowest BCUT2D eigenvalue weighted by Gasteiger charge is -2.45. The number of carbonyl (C=O) groups is 6. The first-order valence-electron chi connectivity index (χ1n) is 24.3. The summed E-state index contributed by atoms with van der Waals surface area (Å²) in [6.07, 6.45) is 8.58. The molecular formula is C51H66N8O7S. The Balaban J connectivity index is 0.933. The van der Waals surface area contributed by atoms with Crippen molar-refractivity contribution in [2.45, 2.75) is 119 Å². The number of nitrogens with zero attached hydrogens (tertiary/aromatic N) is 4. The van der Waals surface area contributed by atoms with Gasteiger partial charge in [-0.05, 0) is 99.6 Å². The average molecular weight is 935 g/mol. The second-order valence-electron chi connectivity index (χ2n) is 18.9. The molecule has 0 spiro atoms. The molecule has 0 bridgehead atoms. The number of urea groups is 1. The minimum absolute atomic E-state index is 0.0141. The average Bonchev–Trinajstić information content (AvgIpc) is 4.05. The molecule has 3 aromatic rings. The van der Waals surface area contributed by atoms with Crippen LogP contribution in [0.25, 0.3) is 0 Å². The molecule has 5 saturated heterocycles. The topological polar surface area (TPSA) is 184 Å². The molecule has 67 heavy (non-hydrogen) atoms. The highest BCUT2D eigenvalue weighted by Crippen LogP contribution is 2.33. The summed E-state index contributed by atoms with van der Waals surface area (Å²) in [6.45, 7) is 3.26. The summed E-state index contributed by atoms with van der Waals surface area (Å²) in [4.78, 5) is 87.4. The first-order chi connectivity index (χ1) is 32.6. The van der Waals surface area contributed by atoms with E-state index in [1.54, 1.807) is 26.8 Å². The summed E-state index contributed by atoms with van der Waals surface area (Å²) >= 11 is 1.88. The zero-order valence-corrected chi connectivity index (χ0v) is 39.2. The smallest absolute Gasteiger partial charge is 0.315 e. The number of amides is 7. The van der Waals surface area contributed by atoms with Crippen LogP contribution < -0.4 is 21.3 Å². The molecule has 5 aliphatic rings. The Hall–Kier alpha value is -5.61. The van der Waals surface area contributed by atoms with E-state index < -0.39 is 23.6 Å². The second kappa shape index (κ2) is 22.9. The van der Waals surface area contributed by atoms with Crippen molar-refractivity contribution in [2.24, 2.45) is 0 Å². The van der Waals surface area contributed by atoms with Crippen LogP contribution in [0.15, 0.2) is 84.9 Å². The molecule has 4 unspecified atom stereocenters. The van der Waals surface area contributed by atoms with Gasteiger partial charge in [0, 0.05) is 68.8 Å². The van der Waals surface area contributed by atoms with E-state index >= 15 is 0 Å². The number of fused-ring (bicyclic) bond motifs is 1. The SMILES string of the molecule is O=C(CCCC[C@@H]1SC[C@@H]2NC(=O)N[C@@H]21)NCCCCC(CN1CCCC1CN1C(=O)C(=O)NCC1Cc1ccccc1)N1CC(Cc2ccc(O)cc2)N(CCc2ccccc2)C(=O)C1=O. The van der Waals surface area contributed by atoms with Gasteiger partial charge in [-0.15, -0.1) is 0 Å². The first kappa shape index (κ1) is 47.9. The highest BCUT2D eigenvalue weighted by Gasteiger charge is 2.45. The number of hydrogen-bond acceptors (Lipinski definition) is 9. The molecule has 15 nitrogen and oxygen atoms in total. The third-order valence-electron chi connectivity index (χ3n) is 14.3. The van der Waals surface area contributed by atoms with Crippen molar-refractivity contribution in [3.05, 3.63) is 102 Å². The molecule has 0 aromatic heterocycles. The van der Waals surface area contributed by atoms with E-state index in [4.69, 9.17) is 0 Å². The molecule has 16 heteroatoms. The molecule has 5 heterocycles. The zero-order valence-electron chi connectivity index (χ0n) is 38.4. The van der Waals surface area contributed by atoms with Crippen LogP contribution in [0.1, 0.15) is 74.5 Å². The fourth-order valence-electron chi connectivity index (χ4n) is 10.7. The number of phenols is 1. The van der Waals surface area contributed by atoms with Crippen LogP contribution in [-0.2, 0) is 43.2 Å². The van der Waals surface area contributed by atoms with E-state index in [2.05, 4.69) is 26.2 Å². The Bertz CT molecular complexity index is 2180. The van der Waals surface area contributed by atoms with E-state index in [9.17, 15) is 33.9 Å².